The van der Waals surface area contributed by atoms with Gasteiger partial charge in [-0.2, -0.15) is 0 Å². The average molecular weight is 550 g/mol. The van der Waals surface area contributed by atoms with Crippen LogP contribution in [0.15, 0.2) is 57.7 Å². The number of phenols is 1. The normalized spacial score (nSPS) is 15.3. The number of carbonyl (C=O) groups excluding carboxylic acids is 1. The van der Waals surface area contributed by atoms with Gasteiger partial charge in [-0.25, -0.2) is 0 Å². The lowest BCUT2D eigenvalue weighted by atomic mass is 9.91. The fourth-order valence-electron chi connectivity index (χ4n) is 5.29. The van der Waals surface area contributed by atoms with E-state index in [0.717, 1.165) is 37.2 Å². The van der Waals surface area contributed by atoms with Crippen LogP contribution in [-0.2, 0) is 4.79 Å². The third-order valence-electron chi connectivity index (χ3n) is 7.50. The van der Waals surface area contributed by atoms with Gasteiger partial charge in [-0.05, 0) is 68.2 Å². The molecule has 9 nitrogen and oxygen atoms in total. The lowest BCUT2D eigenvalue weighted by Crippen LogP contribution is -2.41. The lowest BCUT2D eigenvalue weighted by Gasteiger charge is -2.35. The van der Waals surface area contributed by atoms with Crippen LogP contribution in [0.2, 0.25) is 0 Å². The zero-order chi connectivity index (χ0) is 28.8. The number of rotatable bonds is 10. The number of aromatic hydroxyl groups is 2. The molecule has 0 unspecified atom stereocenters. The van der Waals surface area contributed by atoms with Gasteiger partial charge in [0.2, 0.25) is 17.1 Å². The Morgan fingerprint density at radius 1 is 1.05 bits per heavy atom. The summed E-state index contributed by atoms with van der Waals surface area (Å²) in [5.41, 5.74) is 2.22. The van der Waals surface area contributed by atoms with Crippen molar-refractivity contribution in [3.05, 3.63) is 81.4 Å². The van der Waals surface area contributed by atoms with E-state index in [4.69, 9.17) is 9.15 Å². The van der Waals surface area contributed by atoms with Crippen molar-refractivity contribution in [3.8, 4) is 17.2 Å². The van der Waals surface area contributed by atoms with Crippen LogP contribution in [0.5, 0.6) is 17.2 Å². The number of nitrogens with zero attached hydrogens (tertiary/aromatic N) is 2. The van der Waals surface area contributed by atoms with E-state index in [0.29, 0.717) is 17.9 Å². The van der Waals surface area contributed by atoms with Crippen LogP contribution >= 0.6 is 0 Å². The molecule has 0 bridgehead atoms. The molecular formula is C31H39N3O6. The van der Waals surface area contributed by atoms with E-state index in [2.05, 4.69) is 39.4 Å². The summed E-state index contributed by atoms with van der Waals surface area (Å²) in [6, 6.07) is 14.3. The van der Waals surface area contributed by atoms with Crippen LogP contribution in [0.3, 0.4) is 0 Å². The minimum absolute atomic E-state index is 0.000234. The summed E-state index contributed by atoms with van der Waals surface area (Å²) in [6.45, 7) is 3.96. The smallest absolute Gasteiger partial charge is 0.227 e. The van der Waals surface area contributed by atoms with Gasteiger partial charge in [0.05, 0.1) is 19.1 Å². The third-order valence-corrected chi connectivity index (χ3v) is 7.50. The summed E-state index contributed by atoms with van der Waals surface area (Å²) in [7, 11) is 5.44. The topological polar surface area (TPSA) is 115 Å². The van der Waals surface area contributed by atoms with Crippen molar-refractivity contribution in [1.29, 1.82) is 0 Å². The molecular weight excluding hydrogens is 510 g/mol. The van der Waals surface area contributed by atoms with Crippen LogP contribution in [0.1, 0.15) is 60.3 Å². The maximum Gasteiger partial charge on any atom is 0.227 e. The molecule has 3 N–H and O–H groups in total. The minimum atomic E-state index is -0.782. The maximum atomic E-state index is 13.4. The number of phenolic OH excluding ortho intramolecular Hbond substituents is 1. The maximum absolute atomic E-state index is 13.4. The highest BCUT2D eigenvalue weighted by Crippen LogP contribution is 2.37. The second-order valence-electron chi connectivity index (χ2n) is 10.5. The van der Waals surface area contributed by atoms with Gasteiger partial charge in [-0.1, -0.05) is 24.6 Å². The van der Waals surface area contributed by atoms with Gasteiger partial charge in [-0.3, -0.25) is 14.5 Å². The van der Waals surface area contributed by atoms with Crippen molar-refractivity contribution in [2.24, 2.45) is 0 Å². The molecule has 0 aliphatic carbocycles. The fraction of sp³-hybridized carbons (Fsp3) is 0.419. The first-order valence-electron chi connectivity index (χ1n) is 13.7. The number of hydrogen-bond acceptors (Lipinski definition) is 8. The molecule has 1 amide bonds. The summed E-state index contributed by atoms with van der Waals surface area (Å²) in [6.07, 6.45) is 3.37. The second-order valence-corrected chi connectivity index (χ2v) is 10.5. The highest BCUT2D eigenvalue weighted by atomic mass is 16.5. The number of aryl methyl sites for hydroxylation is 1. The Bertz CT molecular complexity index is 1360. The fourth-order valence-corrected chi connectivity index (χ4v) is 5.29. The van der Waals surface area contributed by atoms with Gasteiger partial charge in [0, 0.05) is 38.8 Å². The largest absolute Gasteiger partial charge is 0.504 e. The molecule has 2 heterocycles. The number of piperidine rings is 1. The van der Waals surface area contributed by atoms with E-state index in [1.807, 2.05) is 14.1 Å². The van der Waals surface area contributed by atoms with E-state index >= 15 is 0 Å². The molecule has 9 heteroatoms. The van der Waals surface area contributed by atoms with Crippen molar-refractivity contribution in [2.45, 2.75) is 44.6 Å². The van der Waals surface area contributed by atoms with Crippen LogP contribution in [0, 0.1) is 6.92 Å². The molecule has 2 atom stereocenters. The molecule has 1 fully saturated rings. The van der Waals surface area contributed by atoms with Gasteiger partial charge in [0.25, 0.3) is 0 Å². The molecule has 0 radical (unpaired) electrons. The summed E-state index contributed by atoms with van der Waals surface area (Å²) in [4.78, 5) is 30.3. The number of methoxy groups -OCH3 is 1. The van der Waals surface area contributed by atoms with Crippen molar-refractivity contribution < 1.29 is 24.2 Å². The van der Waals surface area contributed by atoms with E-state index in [-0.39, 0.29) is 35.6 Å². The Balaban J connectivity index is 1.60. The zero-order valence-electron chi connectivity index (χ0n) is 23.6. The van der Waals surface area contributed by atoms with E-state index in [1.54, 1.807) is 19.1 Å². The van der Waals surface area contributed by atoms with Crippen molar-refractivity contribution in [1.82, 2.24) is 10.2 Å². The number of carbonyl (C=O) groups is 1. The van der Waals surface area contributed by atoms with Gasteiger partial charge in [0.15, 0.2) is 17.3 Å². The molecule has 1 saturated heterocycles. The average Bonchev–Trinajstić information content (AvgIpc) is 2.95. The molecule has 2 aromatic carbocycles. The first kappa shape index (κ1) is 29.0. The molecule has 0 spiro atoms. The van der Waals surface area contributed by atoms with Gasteiger partial charge in [0.1, 0.15) is 5.76 Å². The van der Waals surface area contributed by atoms with Crippen LogP contribution in [0.4, 0.5) is 5.69 Å². The van der Waals surface area contributed by atoms with Crippen LogP contribution in [-0.4, -0.2) is 61.9 Å². The monoisotopic (exact) mass is 549 g/mol. The van der Waals surface area contributed by atoms with Crippen molar-refractivity contribution in [2.75, 3.05) is 45.7 Å². The van der Waals surface area contributed by atoms with E-state index in [1.165, 1.54) is 25.7 Å². The standard InChI is InChI=1S/C31H39N3O6/c1-20-16-27(36)30(38)31(40-20)24(22-10-13-26(35)28(17-22)39-4)18-29(37)32-19-25(34-14-6-5-7-15-34)21-8-11-23(12-9-21)33(2)3/h8-13,16-17,24-25,35,38H,5-7,14-15,18-19H2,1-4H3,(H,32,37)/t24-,25+/m1/s1. The summed E-state index contributed by atoms with van der Waals surface area (Å²) < 4.78 is 11.0. The highest BCUT2D eigenvalue weighted by Gasteiger charge is 2.28. The number of likely N-dealkylation sites (tertiary alicyclic amines) is 1. The second kappa shape index (κ2) is 12.9. The van der Waals surface area contributed by atoms with Crippen LogP contribution in [0.25, 0.3) is 0 Å². The Kier molecular flexibility index (Phi) is 9.37. The first-order chi connectivity index (χ1) is 19.2. The molecule has 3 aromatic rings. The van der Waals surface area contributed by atoms with Crippen molar-refractivity contribution >= 4 is 11.6 Å². The summed E-state index contributed by atoms with van der Waals surface area (Å²) >= 11 is 0. The third kappa shape index (κ3) is 6.77. The molecule has 40 heavy (non-hydrogen) atoms. The molecule has 0 saturated carbocycles. The van der Waals surface area contributed by atoms with E-state index in [9.17, 15) is 19.8 Å². The number of ether oxygens (including phenoxy) is 1. The summed E-state index contributed by atoms with van der Waals surface area (Å²) in [5, 5.41) is 23.8. The number of nitrogens with one attached hydrogen (secondary N) is 1. The lowest BCUT2D eigenvalue weighted by molar-refractivity contribution is -0.121. The van der Waals surface area contributed by atoms with Crippen LogP contribution < -0.4 is 20.4 Å². The molecule has 1 aromatic heterocycles. The molecule has 4 rings (SSSR count). The highest BCUT2D eigenvalue weighted by molar-refractivity contribution is 5.77. The number of amides is 1. The zero-order valence-corrected chi connectivity index (χ0v) is 23.6. The Morgan fingerprint density at radius 2 is 1.73 bits per heavy atom. The minimum Gasteiger partial charge on any atom is -0.504 e. The van der Waals surface area contributed by atoms with Gasteiger partial charge < -0.3 is 29.6 Å². The molecule has 1 aliphatic rings. The Labute approximate surface area is 235 Å². The Morgan fingerprint density at radius 3 is 2.38 bits per heavy atom. The van der Waals surface area contributed by atoms with Gasteiger partial charge in [-0.15, -0.1) is 0 Å². The number of hydrogen-bond donors (Lipinski definition) is 3. The predicted octanol–water partition coefficient (Wildman–Crippen LogP) is 4.30. The first-order valence-corrected chi connectivity index (χ1v) is 13.7. The summed E-state index contributed by atoms with van der Waals surface area (Å²) in [5.74, 6) is -1.11. The number of benzene rings is 2. The molecule has 1 aliphatic heterocycles. The Hall–Kier alpha value is -3.98. The van der Waals surface area contributed by atoms with Crippen molar-refractivity contribution in [3.63, 3.8) is 0 Å². The van der Waals surface area contributed by atoms with E-state index < -0.39 is 17.1 Å². The van der Waals surface area contributed by atoms with Gasteiger partial charge >= 0.3 is 0 Å². The SMILES string of the molecule is COc1cc([C@@H](CC(=O)NC[C@@H](c2ccc(N(C)C)cc2)N2CCCCC2)c2oc(C)cc(=O)c2O)ccc1O. The predicted molar refractivity (Wildman–Crippen MR) is 154 cm³/mol. The number of anilines is 1. The molecule has 214 valence electrons. The quantitative estimate of drug-likeness (QED) is 0.343.